The van der Waals surface area contributed by atoms with Gasteiger partial charge in [0, 0.05) is 0 Å². The summed E-state index contributed by atoms with van der Waals surface area (Å²) in [6.07, 6.45) is 1.94. The van der Waals surface area contributed by atoms with Crippen LogP contribution in [0, 0.1) is 11.8 Å². The Morgan fingerprint density at radius 1 is 1.25 bits per heavy atom. The van der Waals surface area contributed by atoms with Gasteiger partial charge in [-0.05, 0) is 25.2 Å². The van der Waals surface area contributed by atoms with Crippen LogP contribution in [0.2, 0.25) is 0 Å². The van der Waals surface area contributed by atoms with E-state index in [0.717, 1.165) is 12.8 Å². The highest BCUT2D eigenvalue weighted by atomic mass is 32.2. The van der Waals surface area contributed by atoms with Crippen LogP contribution in [0.15, 0.2) is 0 Å². The SMILES string of the molecule is CCC(COC(C)CC(C)C)CS(N)(=O)=O. The van der Waals surface area contributed by atoms with E-state index < -0.39 is 10.0 Å². The molecule has 0 amide bonds. The Labute approximate surface area is 99.6 Å². The van der Waals surface area contributed by atoms with Gasteiger partial charge in [0.1, 0.15) is 0 Å². The second-order valence-electron chi connectivity index (χ2n) is 4.88. The molecular weight excluding hydrogens is 226 g/mol. The molecule has 0 aliphatic rings. The van der Waals surface area contributed by atoms with Gasteiger partial charge < -0.3 is 4.74 Å². The quantitative estimate of drug-likeness (QED) is 0.714. The van der Waals surface area contributed by atoms with Crippen molar-refractivity contribution < 1.29 is 13.2 Å². The summed E-state index contributed by atoms with van der Waals surface area (Å²) in [4.78, 5) is 0. The smallest absolute Gasteiger partial charge is 0.209 e. The Morgan fingerprint density at radius 2 is 1.81 bits per heavy atom. The molecule has 2 unspecified atom stereocenters. The van der Waals surface area contributed by atoms with E-state index in [0.29, 0.717) is 12.5 Å². The molecule has 98 valence electrons. The lowest BCUT2D eigenvalue weighted by Crippen LogP contribution is -2.27. The summed E-state index contributed by atoms with van der Waals surface area (Å²) in [7, 11) is -3.39. The molecule has 0 radical (unpaired) electrons. The Hall–Kier alpha value is -0.130. The number of nitrogens with two attached hydrogens (primary N) is 1. The first kappa shape index (κ1) is 15.9. The topological polar surface area (TPSA) is 69.4 Å². The molecule has 0 aromatic carbocycles. The van der Waals surface area contributed by atoms with Crippen molar-refractivity contribution in [3.8, 4) is 0 Å². The van der Waals surface area contributed by atoms with Crippen LogP contribution in [0.3, 0.4) is 0 Å². The lowest BCUT2D eigenvalue weighted by Gasteiger charge is -2.19. The molecule has 5 heteroatoms. The highest BCUT2D eigenvalue weighted by Gasteiger charge is 2.16. The minimum absolute atomic E-state index is 0.00427. The summed E-state index contributed by atoms with van der Waals surface area (Å²) in [5.41, 5.74) is 0. The maximum Gasteiger partial charge on any atom is 0.209 e. The molecule has 4 nitrogen and oxygen atoms in total. The molecule has 0 aromatic rings. The van der Waals surface area contributed by atoms with Crippen molar-refractivity contribution in [3.05, 3.63) is 0 Å². The van der Waals surface area contributed by atoms with Gasteiger partial charge in [-0.25, -0.2) is 13.6 Å². The Morgan fingerprint density at radius 3 is 2.19 bits per heavy atom. The zero-order chi connectivity index (χ0) is 12.8. The van der Waals surface area contributed by atoms with Crippen molar-refractivity contribution in [2.75, 3.05) is 12.4 Å². The third-order valence-corrected chi connectivity index (χ3v) is 3.40. The molecule has 0 aliphatic heterocycles. The predicted octanol–water partition coefficient (Wildman–Crippen LogP) is 1.75. The van der Waals surface area contributed by atoms with Gasteiger partial charge >= 0.3 is 0 Å². The highest BCUT2D eigenvalue weighted by Crippen LogP contribution is 2.11. The van der Waals surface area contributed by atoms with E-state index in [9.17, 15) is 8.42 Å². The van der Waals surface area contributed by atoms with Gasteiger partial charge in [0.15, 0.2) is 0 Å². The number of hydrogen-bond acceptors (Lipinski definition) is 3. The van der Waals surface area contributed by atoms with Crippen molar-refractivity contribution in [1.82, 2.24) is 0 Å². The lowest BCUT2D eigenvalue weighted by atomic mass is 10.1. The monoisotopic (exact) mass is 251 g/mol. The molecule has 0 fully saturated rings. The summed E-state index contributed by atoms with van der Waals surface area (Å²) >= 11 is 0. The molecular formula is C11H25NO3S. The van der Waals surface area contributed by atoms with E-state index in [2.05, 4.69) is 13.8 Å². The fraction of sp³-hybridized carbons (Fsp3) is 1.00. The first-order valence-corrected chi connectivity index (χ1v) is 7.58. The van der Waals surface area contributed by atoms with Crippen LogP contribution in [0.1, 0.15) is 40.5 Å². The van der Waals surface area contributed by atoms with E-state index in [-0.39, 0.29) is 17.8 Å². The van der Waals surface area contributed by atoms with Crippen LogP contribution < -0.4 is 5.14 Å². The van der Waals surface area contributed by atoms with Crippen molar-refractivity contribution in [2.24, 2.45) is 17.0 Å². The van der Waals surface area contributed by atoms with Crippen LogP contribution in [-0.2, 0) is 14.8 Å². The number of sulfonamides is 1. The summed E-state index contributed by atoms with van der Waals surface area (Å²) in [6, 6.07) is 0. The normalized spacial score (nSPS) is 16.4. The summed E-state index contributed by atoms with van der Waals surface area (Å²) < 4.78 is 27.5. The molecule has 16 heavy (non-hydrogen) atoms. The summed E-state index contributed by atoms with van der Waals surface area (Å²) in [5.74, 6) is 0.607. The fourth-order valence-electron chi connectivity index (χ4n) is 1.64. The van der Waals surface area contributed by atoms with Gasteiger partial charge in [0.2, 0.25) is 10.0 Å². The van der Waals surface area contributed by atoms with Crippen molar-refractivity contribution >= 4 is 10.0 Å². The van der Waals surface area contributed by atoms with E-state index >= 15 is 0 Å². The third-order valence-electron chi connectivity index (χ3n) is 2.47. The molecule has 0 aliphatic carbocycles. The maximum absolute atomic E-state index is 10.9. The fourth-order valence-corrected chi connectivity index (χ4v) is 2.63. The highest BCUT2D eigenvalue weighted by molar-refractivity contribution is 7.89. The van der Waals surface area contributed by atoms with E-state index in [1.807, 2.05) is 13.8 Å². The average molecular weight is 251 g/mol. The van der Waals surface area contributed by atoms with Gasteiger partial charge in [-0.1, -0.05) is 27.2 Å². The van der Waals surface area contributed by atoms with Crippen LogP contribution in [0.4, 0.5) is 0 Å². The largest absolute Gasteiger partial charge is 0.378 e. The minimum atomic E-state index is -3.39. The van der Waals surface area contributed by atoms with Gasteiger partial charge in [-0.3, -0.25) is 0 Å². The molecule has 0 saturated carbocycles. The molecule has 2 atom stereocenters. The molecule has 0 rings (SSSR count). The molecule has 0 aromatic heterocycles. The first-order valence-electron chi connectivity index (χ1n) is 5.86. The molecule has 0 saturated heterocycles. The molecule has 0 spiro atoms. The average Bonchev–Trinajstić information content (AvgIpc) is 2.09. The second kappa shape index (κ2) is 7.25. The Balaban J connectivity index is 3.96. The van der Waals surface area contributed by atoms with Gasteiger partial charge in [0.25, 0.3) is 0 Å². The zero-order valence-electron chi connectivity index (χ0n) is 10.8. The zero-order valence-corrected chi connectivity index (χ0v) is 11.6. The standard InChI is InChI=1S/C11H25NO3S/c1-5-11(8-16(12,13)14)7-15-10(4)6-9(2)3/h9-11H,5-8H2,1-4H3,(H2,12,13,14). The van der Waals surface area contributed by atoms with Crippen LogP contribution >= 0.6 is 0 Å². The lowest BCUT2D eigenvalue weighted by molar-refractivity contribution is 0.0318. The predicted molar refractivity (Wildman–Crippen MR) is 66.6 cm³/mol. The number of hydrogen-bond donors (Lipinski definition) is 1. The molecule has 2 N–H and O–H groups in total. The number of rotatable bonds is 8. The van der Waals surface area contributed by atoms with Gasteiger partial charge in [0.05, 0.1) is 18.5 Å². The van der Waals surface area contributed by atoms with E-state index in [1.54, 1.807) is 0 Å². The number of ether oxygens (including phenoxy) is 1. The van der Waals surface area contributed by atoms with E-state index in [4.69, 9.17) is 9.88 Å². The summed E-state index contributed by atoms with van der Waals surface area (Å²) in [5, 5.41) is 5.02. The molecule has 0 bridgehead atoms. The third kappa shape index (κ3) is 9.12. The first-order chi connectivity index (χ1) is 7.24. The van der Waals surface area contributed by atoms with Crippen molar-refractivity contribution in [3.63, 3.8) is 0 Å². The Kier molecular flexibility index (Phi) is 7.19. The van der Waals surface area contributed by atoms with Gasteiger partial charge in [-0.2, -0.15) is 0 Å². The van der Waals surface area contributed by atoms with Crippen molar-refractivity contribution in [1.29, 1.82) is 0 Å². The van der Waals surface area contributed by atoms with Crippen molar-refractivity contribution in [2.45, 2.75) is 46.6 Å². The Bertz CT molecular complexity index is 275. The number of primary sulfonamides is 1. The minimum Gasteiger partial charge on any atom is -0.378 e. The second-order valence-corrected chi connectivity index (χ2v) is 6.54. The van der Waals surface area contributed by atoms with Crippen LogP contribution in [-0.4, -0.2) is 26.9 Å². The van der Waals surface area contributed by atoms with Crippen LogP contribution in [0.25, 0.3) is 0 Å². The summed E-state index contributed by atoms with van der Waals surface area (Å²) in [6.45, 7) is 8.72. The van der Waals surface area contributed by atoms with Gasteiger partial charge in [-0.15, -0.1) is 0 Å². The van der Waals surface area contributed by atoms with E-state index in [1.165, 1.54) is 0 Å². The molecule has 0 heterocycles. The van der Waals surface area contributed by atoms with Crippen LogP contribution in [0.5, 0.6) is 0 Å². The maximum atomic E-state index is 10.9.